The van der Waals surface area contributed by atoms with E-state index < -0.39 is 15.9 Å². The summed E-state index contributed by atoms with van der Waals surface area (Å²) in [6, 6.07) is 3.97. The van der Waals surface area contributed by atoms with E-state index in [4.69, 9.17) is 11.5 Å². The van der Waals surface area contributed by atoms with Crippen molar-refractivity contribution in [3.8, 4) is 0 Å². The normalized spacial score (nSPS) is 16.6. The number of anilines is 1. The van der Waals surface area contributed by atoms with Gasteiger partial charge in [0.1, 0.15) is 4.90 Å². The van der Waals surface area contributed by atoms with Gasteiger partial charge in [-0.2, -0.15) is 0 Å². The van der Waals surface area contributed by atoms with Crippen molar-refractivity contribution in [2.75, 3.05) is 12.3 Å². The van der Waals surface area contributed by atoms with Crippen molar-refractivity contribution in [1.29, 1.82) is 0 Å². The summed E-state index contributed by atoms with van der Waals surface area (Å²) in [6.45, 7) is 2.52. The topological polar surface area (TPSA) is 115 Å². The number of primary amides is 1. The second-order valence-corrected chi connectivity index (χ2v) is 7.43. The third-order valence-corrected chi connectivity index (χ3v) is 5.43. The molecule has 0 spiro atoms. The molecule has 0 aromatic heterocycles. The van der Waals surface area contributed by atoms with Crippen LogP contribution in [0.25, 0.3) is 0 Å². The zero-order chi connectivity index (χ0) is 15.7. The summed E-state index contributed by atoms with van der Waals surface area (Å²) in [4.78, 5) is 11.0. The molecule has 1 aromatic rings. The molecule has 1 aliphatic rings. The molecule has 0 radical (unpaired) electrons. The van der Waals surface area contributed by atoms with Crippen LogP contribution >= 0.6 is 0 Å². The van der Waals surface area contributed by atoms with Crippen LogP contribution in [0.4, 0.5) is 5.69 Å². The van der Waals surface area contributed by atoms with E-state index in [1.54, 1.807) is 0 Å². The zero-order valence-corrected chi connectivity index (χ0v) is 12.9. The number of nitrogen functional groups attached to an aromatic ring is 1. The summed E-state index contributed by atoms with van der Waals surface area (Å²) in [5.74, 6) is -0.640. The number of carbonyl (C=O) groups is 1. The molecule has 1 aliphatic carbocycles. The molecule has 1 amide bonds. The minimum Gasteiger partial charge on any atom is -0.398 e. The van der Waals surface area contributed by atoms with Gasteiger partial charge in [-0.05, 0) is 42.9 Å². The van der Waals surface area contributed by atoms with E-state index in [0.717, 1.165) is 25.7 Å². The molecule has 7 heteroatoms. The first kappa shape index (κ1) is 15.8. The van der Waals surface area contributed by atoms with Gasteiger partial charge in [0.05, 0.1) is 5.69 Å². The van der Waals surface area contributed by atoms with E-state index in [-0.39, 0.29) is 21.6 Å². The maximum atomic E-state index is 12.3. The monoisotopic (exact) mass is 311 g/mol. The van der Waals surface area contributed by atoms with Gasteiger partial charge in [0.15, 0.2) is 0 Å². The molecule has 1 aromatic carbocycles. The Balaban J connectivity index is 2.14. The lowest BCUT2D eigenvalue weighted by Gasteiger charge is -2.16. The summed E-state index contributed by atoms with van der Waals surface area (Å²) in [5, 5.41) is 0. The first-order valence-corrected chi connectivity index (χ1v) is 8.47. The van der Waals surface area contributed by atoms with Gasteiger partial charge in [0, 0.05) is 12.1 Å². The van der Waals surface area contributed by atoms with Gasteiger partial charge in [0.25, 0.3) is 0 Å². The molecule has 0 unspecified atom stereocenters. The molecule has 0 atom stereocenters. The van der Waals surface area contributed by atoms with E-state index in [1.807, 2.05) is 0 Å². The lowest BCUT2D eigenvalue weighted by molar-refractivity contribution is 0.1000. The van der Waals surface area contributed by atoms with Crippen molar-refractivity contribution in [1.82, 2.24) is 4.72 Å². The SMILES string of the molecule is CCCC1(CNS(=O)(=O)c2ccc(C(N)=O)cc2N)CC1. The van der Waals surface area contributed by atoms with Gasteiger partial charge in [0.2, 0.25) is 15.9 Å². The number of nitrogens with two attached hydrogens (primary N) is 2. The standard InChI is InChI=1S/C14H21N3O3S/c1-2-5-14(6-7-14)9-17-21(19,20)12-4-3-10(13(16)18)8-11(12)15/h3-4,8,17H,2,5-7,9,15H2,1H3,(H2,16,18). The van der Waals surface area contributed by atoms with Crippen molar-refractivity contribution in [3.05, 3.63) is 23.8 Å². The van der Waals surface area contributed by atoms with Crippen molar-refractivity contribution in [2.45, 2.75) is 37.5 Å². The zero-order valence-electron chi connectivity index (χ0n) is 12.1. The number of hydrogen-bond donors (Lipinski definition) is 3. The fraction of sp³-hybridized carbons (Fsp3) is 0.500. The van der Waals surface area contributed by atoms with Crippen LogP contribution in [0.1, 0.15) is 43.0 Å². The van der Waals surface area contributed by atoms with Crippen molar-refractivity contribution in [2.24, 2.45) is 11.1 Å². The second kappa shape index (κ2) is 5.65. The lowest BCUT2D eigenvalue weighted by atomic mass is 10.0. The van der Waals surface area contributed by atoms with Crippen LogP contribution < -0.4 is 16.2 Å². The Bertz CT molecular complexity index is 651. The summed E-state index contributed by atoms with van der Waals surface area (Å²) in [5.41, 5.74) is 11.2. The molecular formula is C14H21N3O3S. The van der Waals surface area contributed by atoms with Crippen molar-refractivity contribution < 1.29 is 13.2 Å². The number of nitrogens with one attached hydrogen (secondary N) is 1. The maximum absolute atomic E-state index is 12.3. The largest absolute Gasteiger partial charge is 0.398 e. The van der Waals surface area contributed by atoms with Crippen molar-refractivity contribution >= 4 is 21.6 Å². The molecule has 0 aliphatic heterocycles. The van der Waals surface area contributed by atoms with Crippen LogP contribution in [-0.2, 0) is 10.0 Å². The lowest BCUT2D eigenvalue weighted by Crippen LogP contribution is -2.31. The highest BCUT2D eigenvalue weighted by Gasteiger charge is 2.42. The van der Waals surface area contributed by atoms with E-state index in [1.165, 1.54) is 18.2 Å². The third-order valence-electron chi connectivity index (χ3n) is 3.96. The van der Waals surface area contributed by atoms with Crippen LogP contribution in [0.3, 0.4) is 0 Å². The van der Waals surface area contributed by atoms with Crippen molar-refractivity contribution in [3.63, 3.8) is 0 Å². The molecule has 0 saturated heterocycles. The van der Waals surface area contributed by atoms with Crippen LogP contribution in [0.2, 0.25) is 0 Å². The Hall–Kier alpha value is -1.60. The Morgan fingerprint density at radius 3 is 2.52 bits per heavy atom. The fourth-order valence-electron chi connectivity index (χ4n) is 2.49. The number of hydrogen-bond acceptors (Lipinski definition) is 4. The average molecular weight is 311 g/mol. The highest BCUT2D eigenvalue weighted by atomic mass is 32.2. The molecule has 21 heavy (non-hydrogen) atoms. The summed E-state index contributed by atoms with van der Waals surface area (Å²) >= 11 is 0. The quantitative estimate of drug-likeness (QED) is 0.657. The van der Waals surface area contributed by atoms with Crippen LogP contribution in [0.5, 0.6) is 0 Å². The van der Waals surface area contributed by atoms with Gasteiger partial charge in [-0.25, -0.2) is 13.1 Å². The van der Waals surface area contributed by atoms with Gasteiger partial charge in [-0.15, -0.1) is 0 Å². The smallest absolute Gasteiger partial charge is 0.248 e. The average Bonchev–Trinajstić information content (AvgIpc) is 3.17. The fourth-order valence-corrected chi connectivity index (χ4v) is 3.76. The minimum atomic E-state index is -3.67. The Kier molecular flexibility index (Phi) is 4.25. The number of carbonyl (C=O) groups excluding carboxylic acids is 1. The molecule has 0 bridgehead atoms. The maximum Gasteiger partial charge on any atom is 0.248 e. The van der Waals surface area contributed by atoms with Gasteiger partial charge in [-0.3, -0.25) is 4.79 Å². The van der Waals surface area contributed by atoms with Gasteiger partial charge < -0.3 is 11.5 Å². The summed E-state index contributed by atoms with van der Waals surface area (Å²) in [7, 11) is -3.67. The Labute approximate surface area is 124 Å². The summed E-state index contributed by atoms with van der Waals surface area (Å²) < 4.78 is 27.2. The summed E-state index contributed by atoms with van der Waals surface area (Å²) in [6.07, 6.45) is 4.17. The Morgan fingerprint density at radius 2 is 2.05 bits per heavy atom. The van der Waals surface area contributed by atoms with Gasteiger partial charge in [-0.1, -0.05) is 13.3 Å². The predicted octanol–water partition coefficient (Wildman–Crippen LogP) is 1.23. The second-order valence-electron chi connectivity index (χ2n) is 5.69. The molecule has 6 nitrogen and oxygen atoms in total. The number of rotatable bonds is 7. The highest BCUT2D eigenvalue weighted by Crippen LogP contribution is 2.49. The molecule has 5 N–H and O–H groups in total. The van der Waals surface area contributed by atoms with E-state index in [9.17, 15) is 13.2 Å². The first-order chi connectivity index (χ1) is 9.80. The molecule has 0 heterocycles. The number of benzene rings is 1. The third kappa shape index (κ3) is 3.54. The molecule has 1 saturated carbocycles. The molecule has 116 valence electrons. The Morgan fingerprint density at radius 1 is 1.38 bits per heavy atom. The van der Waals surface area contributed by atoms with E-state index in [2.05, 4.69) is 11.6 Å². The van der Waals surface area contributed by atoms with Crippen LogP contribution in [0.15, 0.2) is 23.1 Å². The minimum absolute atomic E-state index is 0.0141. The molecular weight excluding hydrogens is 290 g/mol. The van der Waals surface area contributed by atoms with E-state index >= 15 is 0 Å². The van der Waals surface area contributed by atoms with Gasteiger partial charge >= 0.3 is 0 Å². The van der Waals surface area contributed by atoms with Crippen LogP contribution in [-0.4, -0.2) is 20.9 Å². The number of amides is 1. The molecule has 1 fully saturated rings. The molecule has 2 rings (SSSR count). The predicted molar refractivity (Wildman–Crippen MR) is 81.1 cm³/mol. The highest BCUT2D eigenvalue weighted by molar-refractivity contribution is 7.89. The first-order valence-electron chi connectivity index (χ1n) is 6.99. The number of sulfonamides is 1. The van der Waals surface area contributed by atoms with E-state index in [0.29, 0.717) is 6.54 Å². The van der Waals surface area contributed by atoms with Crippen LogP contribution in [0, 0.1) is 5.41 Å².